The van der Waals surface area contributed by atoms with Gasteiger partial charge in [-0.15, -0.1) is 11.3 Å². The van der Waals surface area contributed by atoms with Gasteiger partial charge in [-0.05, 0) is 32.4 Å². The Morgan fingerprint density at radius 2 is 2.23 bits per heavy atom. The van der Waals surface area contributed by atoms with Gasteiger partial charge in [0.25, 0.3) is 0 Å². The fourth-order valence-electron chi connectivity index (χ4n) is 2.18. The van der Waals surface area contributed by atoms with Gasteiger partial charge in [0, 0.05) is 11.6 Å². The van der Waals surface area contributed by atoms with E-state index in [-0.39, 0.29) is 18.4 Å². The molecule has 0 saturated heterocycles. The van der Waals surface area contributed by atoms with E-state index >= 15 is 0 Å². The van der Waals surface area contributed by atoms with Gasteiger partial charge in [-0.1, -0.05) is 13.0 Å². The van der Waals surface area contributed by atoms with Gasteiger partial charge < -0.3 is 10.4 Å². The summed E-state index contributed by atoms with van der Waals surface area (Å²) in [6, 6.07) is 5.39. The minimum atomic E-state index is -0.939. The van der Waals surface area contributed by atoms with Crippen molar-refractivity contribution in [2.45, 2.75) is 45.3 Å². The molecule has 0 fully saturated rings. The van der Waals surface area contributed by atoms with Crippen LogP contribution in [0.4, 0.5) is 0 Å². The molecule has 0 aliphatic carbocycles. The molecule has 0 aromatic carbocycles. The zero-order chi connectivity index (χ0) is 16.2. The summed E-state index contributed by atoms with van der Waals surface area (Å²) in [5.41, 5.74) is 0.585. The first-order chi connectivity index (χ1) is 10.4. The lowest BCUT2D eigenvalue weighted by atomic mass is 9.96. The van der Waals surface area contributed by atoms with E-state index < -0.39 is 5.60 Å². The average molecular weight is 319 g/mol. The number of aliphatic hydroxyl groups is 1. The van der Waals surface area contributed by atoms with Crippen molar-refractivity contribution in [2.24, 2.45) is 0 Å². The van der Waals surface area contributed by atoms with Gasteiger partial charge in [0.2, 0.25) is 5.91 Å². The molecule has 1 amide bonds. The number of amides is 1. The summed E-state index contributed by atoms with van der Waals surface area (Å²) in [6.07, 6.45) is 2.60. The lowest BCUT2D eigenvalue weighted by Gasteiger charge is -2.29. The molecule has 1 atom stereocenters. The maximum Gasteiger partial charge on any atom is 0.226 e. The topological polar surface area (TPSA) is 75.1 Å². The van der Waals surface area contributed by atoms with Crippen molar-refractivity contribution in [3.63, 3.8) is 0 Å². The normalized spacial score (nSPS) is 12.9. The Labute approximate surface area is 134 Å². The summed E-state index contributed by atoms with van der Waals surface area (Å²) in [7, 11) is 0. The summed E-state index contributed by atoms with van der Waals surface area (Å²) >= 11 is 1.47. The summed E-state index contributed by atoms with van der Waals surface area (Å²) < 4.78 is 0. The Bertz CT molecular complexity index is 620. The Morgan fingerprint density at radius 3 is 2.82 bits per heavy atom. The second kappa shape index (κ2) is 6.98. The van der Waals surface area contributed by atoms with Gasteiger partial charge in [0.05, 0.1) is 29.5 Å². The summed E-state index contributed by atoms with van der Waals surface area (Å²) in [6.45, 7) is 5.33. The van der Waals surface area contributed by atoms with Crippen LogP contribution in [0, 0.1) is 0 Å². The number of aromatic nitrogens is 2. The quantitative estimate of drug-likeness (QED) is 0.857. The van der Waals surface area contributed by atoms with E-state index in [0.717, 1.165) is 10.7 Å². The van der Waals surface area contributed by atoms with Crippen LogP contribution >= 0.6 is 11.3 Å². The van der Waals surface area contributed by atoms with Crippen LogP contribution < -0.4 is 5.32 Å². The molecular formula is C16H21N3O2S. The second-order valence-electron chi connectivity index (χ2n) is 5.72. The number of carbonyl (C=O) groups is 1. The van der Waals surface area contributed by atoms with Gasteiger partial charge in [-0.25, -0.2) is 4.98 Å². The molecule has 118 valence electrons. The number of hydrogen-bond donors (Lipinski definition) is 2. The van der Waals surface area contributed by atoms with E-state index in [1.807, 2.05) is 30.5 Å². The van der Waals surface area contributed by atoms with E-state index in [1.165, 1.54) is 11.3 Å². The van der Waals surface area contributed by atoms with Crippen LogP contribution in [0.15, 0.2) is 29.8 Å². The molecule has 0 radical (unpaired) electrons. The highest BCUT2D eigenvalue weighted by atomic mass is 32.1. The Morgan fingerprint density at radius 1 is 1.45 bits per heavy atom. The van der Waals surface area contributed by atoms with Gasteiger partial charge in [0.1, 0.15) is 5.01 Å². The van der Waals surface area contributed by atoms with Crippen LogP contribution in [0.3, 0.4) is 0 Å². The van der Waals surface area contributed by atoms with Crippen molar-refractivity contribution >= 4 is 17.2 Å². The van der Waals surface area contributed by atoms with Crippen molar-refractivity contribution in [1.29, 1.82) is 0 Å². The standard InChI is InChI=1S/C16H21N3O2S/c1-4-13(16(2,3)21)19-14(20)9-11-10-22-15(18-11)12-7-5-6-8-17-12/h5-8,10,13,21H,4,9H2,1-3H3,(H,19,20)/t13-/m0/s1. The third-order valence-corrected chi connectivity index (χ3v) is 4.29. The fraction of sp³-hybridized carbons (Fsp3) is 0.438. The predicted octanol–water partition coefficient (Wildman–Crippen LogP) is 2.41. The summed E-state index contributed by atoms with van der Waals surface area (Å²) in [4.78, 5) is 20.8. The van der Waals surface area contributed by atoms with Gasteiger partial charge in [-0.2, -0.15) is 0 Å². The Balaban J connectivity index is 2.00. The number of nitrogens with one attached hydrogen (secondary N) is 1. The summed E-state index contributed by atoms with van der Waals surface area (Å²) in [5.74, 6) is -0.133. The third-order valence-electron chi connectivity index (χ3n) is 3.37. The zero-order valence-corrected chi connectivity index (χ0v) is 13.9. The van der Waals surface area contributed by atoms with Gasteiger partial charge in [-0.3, -0.25) is 9.78 Å². The maximum atomic E-state index is 12.1. The van der Waals surface area contributed by atoms with E-state index in [4.69, 9.17) is 0 Å². The molecule has 2 rings (SSSR count). The van der Waals surface area contributed by atoms with Crippen molar-refractivity contribution in [3.8, 4) is 10.7 Å². The lowest BCUT2D eigenvalue weighted by molar-refractivity contribution is -0.123. The molecule has 6 heteroatoms. The number of rotatable bonds is 6. The molecular weight excluding hydrogens is 298 g/mol. The van der Waals surface area contributed by atoms with Gasteiger partial charge in [0.15, 0.2) is 0 Å². The van der Waals surface area contributed by atoms with Crippen molar-refractivity contribution in [1.82, 2.24) is 15.3 Å². The SMILES string of the molecule is CC[C@H](NC(=O)Cc1csc(-c2ccccn2)n1)C(C)(C)O. The molecule has 22 heavy (non-hydrogen) atoms. The first-order valence-electron chi connectivity index (χ1n) is 7.27. The fourth-order valence-corrected chi connectivity index (χ4v) is 2.98. The first-order valence-corrected chi connectivity index (χ1v) is 8.15. The van der Waals surface area contributed by atoms with Crippen LogP contribution in [0.25, 0.3) is 10.7 Å². The highest BCUT2D eigenvalue weighted by Crippen LogP contribution is 2.21. The molecule has 0 unspecified atom stereocenters. The number of thiazole rings is 1. The summed E-state index contributed by atoms with van der Waals surface area (Å²) in [5, 5.41) is 15.5. The molecule has 5 nitrogen and oxygen atoms in total. The molecule has 0 bridgehead atoms. The van der Waals surface area contributed by atoms with E-state index in [0.29, 0.717) is 12.1 Å². The van der Waals surface area contributed by atoms with Crippen LogP contribution in [0.1, 0.15) is 32.9 Å². The van der Waals surface area contributed by atoms with E-state index in [9.17, 15) is 9.90 Å². The zero-order valence-electron chi connectivity index (χ0n) is 13.0. The van der Waals surface area contributed by atoms with Gasteiger partial charge >= 0.3 is 0 Å². The molecule has 0 aliphatic rings. The van der Waals surface area contributed by atoms with Crippen LogP contribution in [-0.4, -0.2) is 32.6 Å². The van der Waals surface area contributed by atoms with Crippen molar-refractivity contribution < 1.29 is 9.90 Å². The van der Waals surface area contributed by atoms with Crippen molar-refractivity contribution in [3.05, 3.63) is 35.5 Å². The minimum Gasteiger partial charge on any atom is -0.388 e. The van der Waals surface area contributed by atoms with E-state index in [1.54, 1.807) is 20.0 Å². The lowest BCUT2D eigenvalue weighted by Crippen LogP contribution is -2.49. The molecule has 2 aromatic heterocycles. The Hall–Kier alpha value is -1.79. The molecule has 2 aromatic rings. The number of carbonyl (C=O) groups excluding carboxylic acids is 1. The maximum absolute atomic E-state index is 12.1. The second-order valence-corrected chi connectivity index (χ2v) is 6.58. The van der Waals surface area contributed by atoms with Crippen molar-refractivity contribution in [2.75, 3.05) is 0 Å². The minimum absolute atomic E-state index is 0.133. The third kappa shape index (κ3) is 4.35. The highest BCUT2D eigenvalue weighted by Gasteiger charge is 2.26. The van der Waals surface area contributed by atoms with E-state index in [2.05, 4.69) is 15.3 Å². The monoisotopic (exact) mass is 319 g/mol. The largest absolute Gasteiger partial charge is 0.388 e. The number of pyridine rings is 1. The van der Waals surface area contributed by atoms with Crippen LogP contribution in [0.2, 0.25) is 0 Å². The molecule has 0 saturated carbocycles. The average Bonchev–Trinajstić information content (AvgIpc) is 2.93. The molecule has 2 heterocycles. The number of nitrogens with zero attached hydrogens (tertiary/aromatic N) is 2. The molecule has 2 N–H and O–H groups in total. The molecule has 0 aliphatic heterocycles. The smallest absolute Gasteiger partial charge is 0.226 e. The van der Waals surface area contributed by atoms with Crippen LogP contribution in [-0.2, 0) is 11.2 Å². The first kappa shape index (κ1) is 16.6. The number of hydrogen-bond acceptors (Lipinski definition) is 5. The van der Waals surface area contributed by atoms with Crippen LogP contribution in [0.5, 0.6) is 0 Å². The highest BCUT2D eigenvalue weighted by molar-refractivity contribution is 7.13. The Kier molecular flexibility index (Phi) is 5.26. The predicted molar refractivity (Wildman–Crippen MR) is 87.6 cm³/mol. The molecule has 0 spiro atoms.